The Kier molecular flexibility index (Phi) is 5.33. The van der Waals surface area contributed by atoms with E-state index < -0.39 is 0 Å². The van der Waals surface area contributed by atoms with Gasteiger partial charge in [-0.25, -0.2) is 4.39 Å². The van der Waals surface area contributed by atoms with E-state index in [1.807, 2.05) is 6.92 Å². The lowest BCUT2D eigenvalue weighted by Gasteiger charge is -2.05. The number of carbonyl (C=O) groups excluding carboxylic acids is 1. The summed E-state index contributed by atoms with van der Waals surface area (Å²) in [6.07, 6.45) is 0. The summed E-state index contributed by atoms with van der Waals surface area (Å²) in [5, 5.41) is 3.77. The summed E-state index contributed by atoms with van der Waals surface area (Å²) in [5.41, 5.74) is 0.927. The van der Waals surface area contributed by atoms with Gasteiger partial charge in [-0.2, -0.15) is 0 Å². The second kappa shape index (κ2) is 7.02. The van der Waals surface area contributed by atoms with E-state index in [4.69, 9.17) is 16.3 Å². The van der Waals surface area contributed by atoms with E-state index in [-0.39, 0.29) is 11.7 Å². The number of hydrogen-bond acceptors (Lipinski definition) is 3. The first-order valence-corrected chi connectivity index (χ1v) is 7.56. The van der Waals surface area contributed by atoms with Crippen molar-refractivity contribution in [2.45, 2.75) is 6.92 Å². The van der Waals surface area contributed by atoms with Crippen LogP contribution >= 0.6 is 22.9 Å². The van der Waals surface area contributed by atoms with Crippen molar-refractivity contribution in [1.82, 2.24) is 5.32 Å². The number of fused-ring (bicyclic) bond motifs is 1. The van der Waals surface area contributed by atoms with Gasteiger partial charge in [0.15, 0.2) is 0 Å². The fourth-order valence-corrected chi connectivity index (χ4v) is 3.21. The third-order valence-corrected chi connectivity index (χ3v) is 4.33. The van der Waals surface area contributed by atoms with E-state index in [0.717, 1.165) is 5.57 Å². The van der Waals surface area contributed by atoms with Gasteiger partial charge in [0.05, 0.1) is 18.2 Å². The molecule has 0 unspecified atom stereocenters. The summed E-state index contributed by atoms with van der Waals surface area (Å²) in [7, 11) is 0. The molecule has 1 aromatic carbocycles. The third-order valence-electron chi connectivity index (χ3n) is 2.68. The smallest absolute Gasteiger partial charge is 0.263 e. The molecule has 112 valence electrons. The first kappa shape index (κ1) is 15.9. The molecule has 0 saturated carbocycles. The quantitative estimate of drug-likeness (QED) is 0.643. The van der Waals surface area contributed by atoms with Gasteiger partial charge >= 0.3 is 0 Å². The number of nitrogens with one attached hydrogen (secondary N) is 1. The van der Waals surface area contributed by atoms with Crippen LogP contribution in [0, 0.1) is 5.82 Å². The number of thiophene rings is 1. The van der Waals surface area contributed by atoms with Gasteiger partial charge < -0.3 is 10.1 Å². The van der Waals surface area contributed by atoms with Crippen molar-refractivity contribution >= 4 is 38.9 Å². The van der Waals surface area contributed by atoms with Gasteiger partial charge in [0.2, 0.25) is 0 Å². The van der Waals surface area contributed by atoms with Crippen LogP contribution in [0.15, 0.2) is 30.4 Å². The maximum atomic E-state index is 13.2. The van der Waals surface area contributed by atoms with Crippen molar-refractivity contribution in [3.63, 3.8) is 0 Å². The van der Waals surface area contributed by atoms with Crippen LogP contribution in [0.3, 0.4) is 0 Å². The highest BCUT2D eigenvalue weighted by atomic mass is 35.5. The number of benzene rings is 1. The Morgan fingerprint density at radius 2 is 2.29 bits per heavy atom. The topological polar surface area (TPSA) is 38.3 Å². The normalized spacial score (nSPS) is 10.8. The van der Waals surface area contributed by atoms with Gasteiger partial charge in [-0.15, -0.1) is 11.3 Å². The molecular formula is C15H15ClFNO2S. The van der Waals surface area contributed by atoms with Crippen molar-refractivity contribution in [3.8, 4) is 0 Å². The largest absolute Gasteiger partial charge is 0.375 e. The monoisotopic (exact) mass is 327 g/mol. The van der Waals surface area contributed by atoms with E-state index in [1.54, 1.807) is 6.07 Å². The molecule has 0 saturated heterocycles. The van der Waals surface area contributed by atoms with E-state index >= 15 is 0 Å². The number of amides is 1. The predicted molar refractivity (Wildman–Crippen MR) is 84.8 cm³/mol. The Morgan fingerprint density at radius 3 is 3.00 bits per heavy atom. The standard InChI is InChI=1S/C15H15ClFNO2S/c1-9(2)8-20-6-5-18-15(19)14-13(16)11-4-3-10(17)7-12(11)21-14/h3-4,7H,1,5-6,8H2,2H3,(H,18,19). The maximum absolute atomic E-state index is 13.2. The first-order chi connectivity index (χ1) is 9.99. The number of halogens is 2. The van der Waals surface area contributed by atoms with Gasteiger partial charge in [0, 0.05) is 16.6 Å². The SMILES string of the molecule is C=C(C)COCCNC(=O)c1sc2cc(F)ccc2c1Cl. The van der Waals surface area contributed by atoms with Crippen molar-refractivity contribution in [2.24, 2.45) is 0 Å². The zero-order valence-electron chi connectivity index (χ0n) is 11.5. The molecule has 0 aliphatic heterocycles. The molecule has 0 radical (unpaired) electrons. The molecule has 0 aliphatic rings. The Bertz CT molecular complexity index is 684. The molecule has 1 heterocycles. The number of carbonyl (C=O) groups is 1. The lowest BCUT2D eigenvalue weighted by molar-refractivity contribution is 0.0931. The Hall–Kier alpha value is -1.43. The Labute approximate surface area is 131 Å². The summed E-state index contributed by atoms with van der Waals surface area (Å²) in [6, 6.07) is 4.28. The van der Waals surface area contributed by atoms with Crippen molar-refractivity contribution in [2.75, 3.05) is 19.8 Å². The van der Waals surface area contributed by atoms with Gasteiger partial charge in [-0.05, 0) is 25.1 Å². The summed E-state index contributed by atoms with van der Waals surface area (Å²) in [6.45, 7) is 6.84. The zero-order chi connectivity index (χ0) is 15.4. The van der Waals surface area contributed by atoms with Crippen LogP contribution in [-0.2, 0) is 4.74 Å². The Morgan fingerprint density at radius 1 is 1.52 bits per heavy atom. The maximum Gasteiger partial charge on any atom is 0.263 e. The molecule has 0 fully saturated rings. The minimum Gasteiger partial charge on any atom is -0.375 e. The van der Waals surface area contributed by atoms with E-state index in [1.165, 1.54) is 23.5 Å². The summed E-state index contributed by atoms with van der Waals surface area (Å²) in [4.78, 5) is 12.5. The lowest BCUT2D eigenvalue weighted by Crippen LogP contribution is -2.26. The highest BCUT2D eigenvalue weighted by Crippen LogP contribution is 2.35. The second-order valence-electron chi connectivity index (χ2n) is 4.65. The average molecular weight is 328 g/mol. The molecule has 0 bridgehead atoms. The van der Waals surface area contributed by atoms with Crippen LogP contribution < -0.4 is 5.32 Å². The van der Waals surface area contributed by atoms with Crippen LogP contribution in [0.1, 0.15) is 16.6 Å². The summed E-state index contributed by atoms with van der Waals surface area (Å²) < 4.78 is 19.1. The molecule has 6 heteroatoms. The third kappa shape index (κ3) is 4.03. The highest BCUT2D eigenvalue weighted by molar-refractivity contribution is 7.21. The molecule has 1 aromatic heterocycles. The highest BCUT2D eigenvalue weighted by Gasteiger charge is 2.17. The fourth-order valence-electron chi connectivity index (χ4n) is 1.75. The van der Waals surface area contributed by atoms with Crippen LogP contribution in [0.4, 0.5) is 4.39 Å². The minimum atomic E-state index is -0.347. The van der Waals surface area contributed by atoms with Crippen molar-refractivity contribution in [3.05, 3.63) is 46.1 Å². The van der Waals surface area contributed by atoms with Crippen molar-refractivity contribution in [1.29, 1.82) is 0 Å². The van der Waals surface area contributed by atoms with Crippen molar-refractivity contribution < 1.29 is 13.9 Å². The van der Waals surface area contributed by atoms with E-state index in [0.29, 0.717) is 39.7 Å². The Balaban J connectivity index is 1.99. The molecular weight excluding hydrogens is 313 g/mol. The summed E-state index contributed by atoms with van der Waals surface area (Å²) >= 11 is 7.35. The van der Waals surface area contributed by atoms with Crippen LogP contribution in [0.5, 0.6) is 0 Å². The summed E-state index contributed by atoms with van der Waals surface area (Å²) in [5.74, 6) is -0.624. The number of rotatable bonds is 6. The average Bonchev–Trinajstić information content (AvgIpc) is 2.74. The molecule has 2 aromatic rings. The molecule has 1 N–H and O–H groups in total. The molecule has 0 atom stereocenters. The molecule has 0 aliphatic carbocycles. The molecule has 21 heavy (non-hydrogen) atoms. The van der Waals surface area contributed by atoms with Gasteiger partial charge in [0.1, 0.15) is 10.7 Å². The van der Waals surface area contributed by atoms with Crippen LogP contribution in [0.2, 0.25) is 5.02 Å². The van der Waals surface area contributed by atoms with Gasteiger partial charge in [-0.3, -0.25) is 4.79 Å². The second-order valence-corrected chi connectivity index (χ2v) is 6.08. The fraction of sp³-hybridized carbons (Fsp3) is 0.267. The number of hydrogen-bond donors (Lipinski definition) is 1. The van der Waals surface area contributed by atoms with Crippen LogP contribution in [0.25, 0.3) is 10.1 Å². The molecule has 1 amide bonds. The predicted octanol–water partition coefficient (Wildman–Crippen LogP) is 4.02. The first-order valence-electron chi connectivity index (χ1n) is 6.37. The molecule has 3 nitrogen and oxygen atoms in total. The molecule has 0 spiro atoms. The van der Waals surface area contributed by atoms with Gasteiger partial charge in [0.25, 0.3) is 5.91 Å². The van der Waals surface area contributed by atoms with Crippen LogP contribution in [-0.4, -0.2) is 25.7 Å². The number of ether oxygens (including phenoxy) is 1. The van der Waals surface area contributed by atoms with E-state index in [9.17, 15) is 9.18 Å². The van der Waals surface area contributed by atoms with E-state index in [2.05, 4.69) is 11.9 Å². The molecule has 2 rings (SSSR count). The zero-order valence-corrected chi connectivity index (χ0v) is 13.1. The van der Waals surface area contributed by atoms with Gasteiger partial charge in [-0.1, -0.05) is 23.8 Å². The minimum absolute atomic E-state index is 0.277. The lowest BCUT2D eigenvalue weighted by atomic mass is 10.2.